The third kappa shape index (κ3) is 6.14. The second kappa shape index (κ2) is 7.98. The van der Waals surface area contributed by atoms with Gasteiger partial charge in [-0.05, 0) is 26.2 Å². The van der Waals surface area contributed by atoms with Crippen molar-refractivity contribution >= 4 is 5.78 Å². The van der Waals surface area contributed by atoms with Gasteiger partial charge in [0.2, 0.25) is 0 Å². The Morgan fingerprint density at radius 3 is 2.43 bits per heavy atom. The van der Waals surface area contributed by atoms with Gasteiger partial charge in [0, 0.05) is 0 Å². The SMILES string of the molecule is CCCCC(CC)COC(C)C(C)=O. The van der Waals surface area contributed by atoms with Crippen LogP contribution in [-0.4, -0.2) is 18.5 Å². The van der Waals surface area contributed by atoms with E-state index in [2.05, 4.69) is 13.8 Å². The van der Waals surface area contributed by atoms with Crippen molar-refractivity contribution in [1.82, 2.24) is 0 Å². The van der Waals surface area contributed by atoms with Crippen molar-refractivity contribution in [3.05, 3.63) is 0 Å². The Balaban J connectivity index is 3.66. The number of unbranched alkanes of at least 4 members (excludes halogenated alkanes) is 1. The molecule has 0 saturated heterocycles. The zero-order valence-corrected chi connectivity index (χ0v) is 10.0. The van der Waals surface area contributed by atoms with Gasteiger partial charge in [-0.2, -0.15) is 0 Å². The smallest absolute Gasteiger partial charge is 0.158 e. The second-order valence-electron chi connectivity index (χ2n) is 4.00. The second-order valence-corrected chi connectivity index (χ2v) is 4.00. The lowest BCUT2D eigenvalue weighted by molar-refractivity contribution is -0.128. The van der Waals surface area contributed by atoms with Crippen molar-refractivity contribution in [2.24, 2.45) is 5.92 Å². The van der Waals surface area contributed by atoms with E-state index < -0.39 is 0 Å². The highest BCUT2D eigenvalue weighted by Gasteiger charge is 2.11. The fraction of sp³-hybridized carbons (Fsp3) is 0.917. The molecule has 0 fully saturated rings. The number of hydrogen-bond donors (Lipinski definition) is 0. The molecule has 84 valence electrons. The highest BCUT2D eigenvalue weighted by molar-refractivity contribution is 5.79. The van der Waals surface area contributed by atoms with Crippen molar-refractivity contribution in [1.29, 1.82) is 0 Å². The molecule has 0 aromatic heterocycles. The molecule has 0 aliphatic rings. The molecule has 0 spiro atoms. The molecule has 14 heavy (non-hydrogen) atoms. The molecule has 0 heterocycles. The van der Waals surface area contributed by atoms with Crippen LogP contribution in [0.3, 0.4) is 0 Å². The van der Waals surface area contributed by atoms with Gasteiger partial charge in [0.15, 0.2) is 5.78 Å². The van der Waals surface area contributed by atoms with Crippen LogP contribution in [0.5, 0.6) is 0 Å². The Kier molecular flexibility index (Phi) is 7.77. The summed E-state index contributed by atoms with van der Waals surface area (Å²) >= 11 is 0. The van der Waals surface area contributed by atoms with Crippen LogP contribution in [0.4, 0.5) is 0 Å². The molecular formula is C12H24O2. The summed E-state index contributed by atoms with van der Waals surface area (Å²) in [7, 11) is 0. The number of Topliss-reactive ketones (excluding diaryl/α,β-unsaturated/α-hetero) is 1. The maximum Gasteiger partial charge on any atom is 0.158 e. The number of carbonyl (C=O) groups is 1. The molecule has 2 unspecified atom stereocenters. The Morgan fingerprint density at radius 2 is 2.00 bits per heavy atom. The van der Waals surface area contributed by atoms with Crippen molar-refractivity contribution < 1.29 is 9.53 Å². The van der Waals surface area contributed by atoms with Crippen LogP contribution in [0.15, 0.2) is 0 Å². The van der Waals surface area contributed by atoms with Crippen LogP contribution in [0.1, 0.15) is 53.4 Å². The average molecular weight is 200 g/mol. The number of rotatable bonds is 8. The van der Waals surface area contributed by atoms with Gasteiger partial charge in [-0.3, -0.25) is 4.79 Å². The van der Waals surface area contributed by atoms with Crippen LogP contribution in [0.25, 0.3) is 0 Å². The minimum absolute atomic E-state index is 0.121. The van der Waals surface area contributed by atoms with E-state index >= 15 is 0 Å². The highest BCUT2D eigenvalue weighted by Crippen LogP contribution is 2.13. The first-order valence-corrected chi connectivity index (χ1v) is 5.73. The highest BCUT2D eigenvalue weighted by atomic mass is 16.5. The summed E-state index contributed by atoms with van der Waals surface area (Å²) in [5, 5.41) is 0. The maximum atomic E-state index is 10.9. The van der Waals surface area contributed by atoms with Gasteiger partial charge in [-0.15, -0.1) is 0 Å². The Morgan fingerprint density at radius 1 is 1.36 bits per heavy atom. The van der Waals surface area contributed by atoms with E-state index in [1.54, 1.807) is 6.92 Å². The van der Waals surface area contributed by atoms with Crippen molar-refractivity contribution in [2.75, 3.05) is 6.61 Å². The largest absolute Gasteiger partial charge is 0.370 e. The lowest BCUT2D eigenvalue weighted by Crippen LogP contribution is -2.21. The lowest BCUT2D eigenvalue weighted by atomic mass is 10.0. The van der Waals surface area contributed by atoms with Gasteiger partial charge in [0.05, 0.1) is 6.61 Å². The minimum Gasteiger partial charge on any atom is -0.370 e. The molecule has 0 aromatic carbocycles. The van der Waals surface area contributed by atoms with Gasteiger partial charge in [0.25, 0.3) is 0 Å². The summed E-state index contributed by atoms with van der Waals surface area (Å²) in [5.74, 6) is 0.743. The van der Waals surface area contributed by atoms with Crippen molar-refractivity contribution in [2.45, 2.75) is 59.5 Å². The molecule has 0 bridgehead atoms. The monoisotopic (exact) mass is 200 g/mol. The molecule has 2 nitrogen and oxygen atoms in total. The summed E-state index contributed by atoms with van der Waals surface area (Å²) in [5.41, 5.74) is 0. The molecule has 0 saturated carbocycles. The topological polar surface area (TPSA) is 26.3 Å². The van der Waals surface area contributed by atoms with E-state index in [9.17, 15) is 4.79 Å². The van der Waals surface area contributed by atoms with Gasteiger partial charge in [-0.25, -0.2) is 0 Å². The fourth-order valence-electron chi connectivity index (χ4n) is 1.30. The molecule has 0 rings (SSSR count). The molecule has 0 aromatic rings. The van der Waals surface area contributed by atoms with Crippen LogP contribution >= 0.6 is 0 Å². The van der Waals surface area contributed by atoms with E-state index in [4.69, 9.17) is 4.74 Å². The van der Waals surface area contributed by atoms with E-state index in [0.717, 1.165) is 13.0 Å². The van der Waals surface area contributed by atoms with E-state index in [0.29, 0.717) is 5.92 Å². The Labute approximate surface area is 88.0 Å². The zero-order chi connectivity index (χ0) is 11.0. The Bertz CT molecular complexity index is 154. The molecule has 2 atom stereocenters. The minimum atomic E-state index is -0.231. The first-order chi connectivity index (χ1) is 6.61. The summed E-state index contributed by atoms with van der Waals surface area (Å²) in [4.78, 5) is 10.9. The summed E-state index contributed by atoms with van der Waals surface area (Å²) in [6, 6.07) is 0. The first-order valence-electron chi connectivity index (χ1n) is 5.73. The maximum absolute atomic E-state index is 10.9. The van der Waals surface area contributed by atoms with Gasteiger partial charge in [0.1, 0.15) is 6.10 Å². The summed E-state index contributed by atoms with van der Waals surface area (Å²) in [6.07, 6.45) is 4.63. The van der Waals surface area contributed by atoms with Crippen LogP contribution in [-0.2, 0) is 9.53 Å². The number of ether oxygens (including phenoxy) is 1. The third-order valence-electron chi connectivity index (χ3n) is 2.70. The zero-order valence-electron chi connectivity index (χ0n) is 10.0. The standard InChI is InChI=1S/C12H24O2/c1-5-7-8-12(6-2)9-14-11(4)10(3)13/h11-12H,5-9H2,1-4H3. The molecular weight excluding hydrogens is 176 g/mol. The molecule has 0 amide bonds. The summed E-state index contributed by atoms with van der Waals surface area (Å²) < 4.78 is 5.50. The number of ketones is 1. The van der Waals surface area contributed by atoms with E-state index in [1.165, 1.54) is 19.3 Å². The fourth-order valence-corrected chi connectivity index (χ4v) is 1.30. The third-order valence-corrected chi connectivity index (χ3v) is 2.70. The van der Waals surface area contributed by atoms with Gasteiger partial charge < -0.3 is 4.74 Å². The van der Waals surface area contributed by atoms with E-state index in [-0.39, 0.29) is 11.9 Å². The van der Waals surface area contributed by atoms with Crippen LogP contribution in [0.2, 0.25) is 0 Å². The van der Waals surface area contributed by atoms with Crippen LogP contribution < -0.4 is 0 Å². The normalized spacial score (nSPS) is 15.1. The molecule has 0 aliphatic heterocycles. The number of hydrogen-bond acceptors (Lipinski definition) is 2. The van der Waals surface area contributed by atoms with Gasteiger partial charge in [-0.1, -0.05) is 33.1 Å². The molecule has 0 aliphatic carbocycles. The predicted octanol–water partition coefficient (Wildman–Crippen LogP) is 3.20. The van der Waals surface area contributed by atoms with Gasteiger partial charge >= 0.3 is 0 Å². The lowest BCUT2D eigenvalue weighted by Gasteiger charge is -2.17. The molecule has 2 heteroatoms. The molecule has 0 radical (unpaired) electrons. The average Bonchev–Trinajstić information content (AvgIpc) is 2.17. The Hall–Kier alpha value is -0.370. The number of carbonyl (C=O) groups excluding carboxylic acids is 1. The summed E-state index contributed by atoms with van der Waals surface area (Å²) in [6.45, 7) is 8.53. The van der Waals surface area contributed by atoms with Crippen molar-refractivity contribution in [3.8, 4) is 0 Å². The predicted molar refractivity (Wildman–Crippen MR) is 59.4 cm³/mol. The molecule has 0 N–H and O–H groups in total. The quantitative estimate of drug-likeness (QED) is 0.601. The van der Waals surface area contributed by atoms with Crippen LogP contribution in [0, 0.1) is 5.92 Å². The van der Waals surface area contributed by atoms with Crippen molar-refractivity contribution in [3.63, 3.8) is 0 Å². The van der Waals surface area contributed by atoms with E-state index in [1.807, 2.05) is 6.92 Å². The first kappa shape index (κ1) is 13.6.